The SMILES string of the molecule is C(=C\c1cccc2c1sc1ccccc12)/c1csc2ccccc12. The first-order valence-electron chi connectivity index (χ1n) is 7.95. The molecule has 0 N–H and O–H groups in total. The highest BCUT2D eigenvalue weighted by atomic mass is 32.1. The average Bonchev–Trinajstić information content (AvgIpc) is 3.21. The summed E-state index contributed by atoms with van der Waals surface area (Å²) in [5, 5.41) is 6.29. The molecule has 0 fully saturated rings. The van der Waals surface area contributed by atoms with Gasteiger partial charge in [0.1, 0.15) is 0 Å². The molecule has 0 aliphatic rings. The van der Waals surface area contributed by atoms with E-state index in [1.165, 1.54) is 41.4 Å². The van der Waals surface area contributed by atoms with Gasteiger partial charge < -0.3 is 0 Å². The van der Waals surface area contributed by atoms with E-state index in [0.29, 0.717) is 0 Å². The summed E-state index contributed by atoms with van der Waals surface area (Å²) in [6, 6.07) is 23.9. The van der Waals surface area contributed by atoms with Gasteiger partial charge in [0.15, 0.2) is 0 Å². The largest absolute Gasteiger partial charge is 0.143 e. The zero-order valence-electron chi connectivity index (χ0n) is 12.9. The van der Waals surface area contributed by atoms with Crippen LogP contribution in [0.3, 0.4) is 0 Å². The Kier molecular flexibility index (Phi) is 3.25. The Morgan fingerprint density at radius 1 is 0.583 bits per heavy atom. The van der Waals surface area contributed by atoms with E-state index in [-0.39, 0.29) is 0 Å². The van der Waals surface area contributed by atoms with Crippen LogP contribution in [-0.4, -0.2) is 0 Å². The first kappa shape index (κ1) is 14.0. The molecule has 0 nitrogen and oxygen atoms in total. The molecule has 2 aromatic heterocycles. The molecule has 0 saturated carbocycles. The van der Waals surface area contributed by atoms with E-state index < -0.39 is 0 Å². The van der Waals surface area contributed by atoms with Crippen molar-refractivity contribution in [1.82, 2.24) is 0 Å². The second-order valence-corrected chi connectivity index (χ2v) is 7.81. The first-order chi connectivity index (χ1) is 11.9. The molecule has 0 unspecified atom stereocenters. The van der Waals surface area contributed by atoms with Gasteiger partial charge in [0.25, 0.3) is 0 Å². The molecule has 0 amide bonds. The predicted octanol–water partition coefficient (Wildman–Crippen LogP) is 7.44. The van der Waals surface area contributed by atoms with E-state index in [1.807, 2.05) is 22.7 Å². The van der Waals surface area contributed by atoms with Gasteiger partial charge in [-0.25, -0.2) is 0 Å². The predicted molar refractivity (Wildman–Crippen MR) is 110 cm³/mol. The van der Waals surface area contributed by atoms with Crippen LogP contribution >= 0.6 is 22.7 Å². The van der Waals surface area contributed by atoms with Crippen LogP contribution in [0.4, 0.5) is 0 Å². The molecular formula is C22H14S2. The molecule has 24 heavy (non-hydrogen) atoms. The fourth-order valence-electron chi connectivity index (χ4n) is 3.21. The maximum Gasteiger partial charge on any atom is 0.0427 e. The summed E-state index contributed by atoms with van der Waals surface area (Å²) in [7, 11) is 0. The van der Waals surface area contributed by atoms with Crippen molar-refractivity contribution in [3.63, 3.8) is 0 Å². The van der Waals surface area contributed by atoms with Crippen LogP contribution in [0.15, 0.2) is 72.1 Å². The lowest BCUT2D eigenvalue weighted by Crippen LogP contribution is -1.73. The van der Waals surface area contributed by atoms with Crippen LogP contribution < -0.4 is 0 Å². The smallest absolute Gasteiger partial charge is 0.0427 e. The molecule has 2 heteroatoms. The van der Waals surface area contributed by atoms with Gasteiger partial charge >= 0.3 is 0 Å². The lowest BCUT2D eigenvalue weighted by Gasteiger charge is -1.97. The third-order valence-corrected chi connectivity index (χ3v) is 6.61. The van der Waals surface area contributed by atoms with Crippen LogP contribution in [0.1, 0.15) is 11.1 Å². The Hall–Kier alpha value is -2.42. The van der Waals surface area contributed by atoms with E-state index in [4.69, 9.17) is 0 Å². The van der Waals surface area contributed by atoms with E-state index in [2.05, 4.69) is 84.3 Å². The van der Waals surface area contributed by atoms with Crippen molar-refractivity contribution in [3.05, 3.63) is 83.2 Å². The van der Waals surface area contributed by atoms with Gasteiger partial charge in [-0.15, -0.1) is 22.7 Å². The molecule has 5 aromatic rings. The van der Waals surface area contributed by atoms with Gasteiger partial charge in [-0.05, 0) is 34.0 Å². The van der Waals surface area contributed by atoms with Crippen molar-refractivity contribution in [2.75, 3.05) is 0 Å². The van der Waals surface area contributed by atoms with Gasteiger partial charge in [-0.2, -0.15) is 0 Å². The Balaban J connectivity index is 1.66. The Morgan fingerprint density at radius 3 is 2.21 bits per heavy atom. The Morgan fingerprint density at radius 2 is 1.29 bits per heavy atom. The highest BCUT2D eigenvalue weighted by Crippen LogP contribution is 2.36. The Bertz CT molecular complexity index is 1200. The van der Waals surface area contributed by atoms with Gasteiger partial charge in [0.2, 0.25) is 0 Å². The van der Waals surface area contributed by atoms with E-state index >= 15 is 0 Å². The van der Waals surface area contributed by atoms with Gasteiger partial charge in [0, 0.05) is 24.9 Å². The van der Waals surface area contributed by atoms with E-state index in [1.54, 1.807) is 0 Å². The molecule has 0 atom stereocenters. The van der Waals surface area contributed by atoms with Gasteiger partial charge in [-0.3, -0.25) is 0 Å². The van der Waals surface area contributed by atoms with Crippen LogP contribution in [0, 0.1) is 0 Å². The summed E-state index contributed by atoms with van der Waals surface area (Å²) in [5.41, 5.74) is 2.60. The van der Waals surface area contributed by atoms with Crippen molar-refractivity contribution in [1.29, 1.82) is 0 Å². The normalized spacial score (nSPS) is 12.0. The molecule has 0 bridgehead atoms. The highest BCUT2D eigenvalue weighted by Gasteiger charge is 2.07. The van der Waals surface area contributed by atoms with Crippen LogP contribution in [0.2, 0.25) is 0 Å². The molecule has 2 heterocycles. The minimum Gasteiger partial charge on any atom is -0.143 e. The average molecular weight is 342 g/mol. The van der Waals surface area contributed by atoms with Crippen LogP contribution in [-0.2, 0) is 0 Å². The van der Waals surface area contributed by atoms with Crippen molar-refractivity contribution >= 4 is 65.1 Å². The first-order valence-corrected chi connectivity index (χ1v) is 9.64. The topological polar surface area (TPSA) is 0 Å². The van der Waals surface area contributed by atoms with Gasteiger partial charge in [0.05, 0.1) is 0 Å². The number of hydrogen-bond acceptors (Lipinski definition) is 2. The molecule has 0 radical (unpaired) electrons. The molecule has 5 rings (SSSR count). The number of benzene rings is 3. The van der Waals surface area contributed by atoms with Crippen LogP contribution in [0.5, 0.6) is 0 Å². The van der Waals surface area contributed by atoms with Crippen LogP contribution in [0.25, 0.3) is 42.4 Å². The summed E-state index contributed by atoms with van der Waals surface area (Å²) in [6.07, 6.45) is 4.50. The maximum atomic E-state index is 2.26. The standard InChI is InChI=1S/C22H14S2/c1-3-10-20-17(7-1)16(14-23-20)13-12-15-6-5-9-19-18-8-2-4-11-21(18)24-22(15)19/h1-14H/b13-12+. The van der Waals surface area contributed by atoms with Crippen molar-refractivity contribution in [2.45, 2.75) is 0 Å². The number of hydrogen-bond donors (Lipinski definition) is 0. The maximum absolute atomic E-state index is 2.26. The molecule has 0 aliphatic carbocycles. The van der Waals surface area contributed by atoms with Gasteiger partial charge in [-0.1, -0.05) is 66.7 Å². The highest BCUT2D eigenvalue weighted by molar-refractivity contribution is 7.26. The second kappa shape index (κ2) is 5.59. The molecule has 0 aliphatic heterocycles. The fraction of sp³-hybridized carbons (Fsp3) is 0. The third kappa shape index (κ3) is 2.19. The molecule has 114 valence electrons. The van der Waals surface area contributed by atoms with Crippen molar-refractivity contribution < 1.29 is 0 Å². The second-order valence-electron chi connectivity index (χ2n) is 5.84. The Labute approximate surface area is 148 Å². The summed E-state index contributed by atoms with van der Waals surface area (Å²) < 4.78 is 4.07. The van der Waals surface area contributed by atoms with E-state index in [0.717, 1.165) is 0 Å². The summed E-state index contributed by atoms with van der Waals surface area (Å²) in [6.45, 7) is 0. The zero-order chi connectivity index (χ0) is 15.9. The van der Waals surface area contributed by atoms with Crippen molar-refractivity contribution in [2.24, 2.45) is 0 Å². The summed E-state index contributed by atoms with van der Waals surface area (Å²) >= 11 is 3.69. The number of thiophene rings is 2. The molecular weight excluding hydrogens is 328 g/mol. The molecule has 3 aromatic carbocycles. The van der Waals surface area contributed by atoms with Crippen molar-refractivity contribution in [3.8, 4) is 0 Å². The minimum atomic E-state index is 1.30. The summed E-state index contributed by atoms with van der Waals surface area (Å²) in [5.74, 6) is 0. The third-order valence-electron chi connectivity index (χ3n) is 4.39. The lowest BCUT2D eigenvalue weighted by molar-refractivity contribution is 1.79. The van der Waals surface area contributed by atoms with E-state index in [9.17, 15) is 0 Å². The quantitative estimate of drug-likeness (QED) is 0.313. The minimum absolute atomic E-state index is 1.30. The fourth-order valence-corrected chi connectivity index (χ4v) is 5.33. The summed E-state index contributed by atoms with van der Waals surface area (Å²) in [4.78, 5) is 0. The monoisotopic (exact) mass is 342 g/mol. The number of fused-ring (bicyclic) bond motifs is 4. The zero-order valence-corrected chi connectivity index (χ0v) is 14.5. The lowest BCUT2D eigenvalue weighted by atomic mass is 10.1. The number of rotatable bonds is 2. The molecule has 0 spiro atoms. The molecule has 0 saturated heterocycles.